The average molecular weight is 847 g/mol. The fourth-order valence-electron chi connectivity index (χ4n) is 6.33. The lowest BCUT2D eigenvalue weighted by atomic mass is 10.1. The van der Waals surface area contributed by atoms with Gasteiger partial charge in [0.25, 0.3) is 0 Å². The molecule has 0 fully saturated rings. The standard InChI is InChI=1S/C55H90O6/c1-4-7-10-13-16-19-21-23-25-27-29-31-33-36-39-42-45-48-54(57)60-51-52(50-59-53(56)47-44-41-38-35-18-15-12-9-6-3)61-55(58)49-46-43-40-37-34-32-30-28-26-24-22-20-17-14-11-8-5-2/h9,12,18,23-26,29-32,35-37,39-40,52H,4-8,10-11,13-17,19-22,27-28,33-34,38,41-51H2,1-3H3/b12-9-,25-23-,26-24-,31-29-,32-30-,35-18-,39-36-,40-37-. The predicted molar refractivity (Wildman–Crippen MR) is 260 cm³/mol. The molecule has 0 rings (SSSR count). The maximum absolute atomic E-state index is 12.7. The van der Waals surface area contributed by atoms with E-state index in [-0.39, 0.29) is 44.0 Å². The van der Waals surface area contributed by atoms with E-state index in [0.29, 0.717) is 25.7 Å². The fourth-order valence-corrected chi connectivity index (χ4v) is 6.33. The molecule has 1 unspecified atom stereocenters. The van der Waals surface area contributed by atoms with Gasteiger partial charge in [-0.2, -0.15) is 0 Å². The van der Waals surface area contributed by atoms with Crippen LogP contribution in [0, 0.1) is 0 Å². The van der Waals surface area contributed by atoms with E-state index in [0.717, 1.165) is 64.2 Å². The van der Waals surface area contributed by atoms with Crippen molar-refractivity contribution >= 4 is 17.9 Å². The van der Waals surface area contributed by atoms with Gasteiger partial charge in [0.15, 0.2) is 6.10 Å². The van der Waals surface area contributed by atoms with Crippen LogP contribution < -0.4 is 0 Å². The zero-order chi connectivity index (χ0) is 44.4. The zero-order valence-electron chi connectivity index (χ0n) is 39.4. The maximum atomic E-state index is 12.7. The van der Waals surface area contributed by atoms with Gasteiger partial charge in [-0.15, -0.1) is 0 Å². The van der Waals surface area contributed by atoms with Gasteiger partial charge in [0.05, 0.1) is 0 Å². The van der Waals surface area contributed by atoms with Crippen LogP contribution in [0.4, 0.5) is 0 Å². The molecule has 0 heterocycles. The molecule has 0 saturated carbocycles. The highest BCUT2D eigenvalue weighted by Gasteiger charge is 2.19. The van der Waals surface area contributed by atoms with Crippen LogP contribution in [0.15, 0.2) is 97.2 Å². The van der Waals surface area contributed by atoms with E-state index >= 15 is 0 Å². The van der Waals surface area contributed by atoms with Gasteiger partial charge in [-0.25, -0.2) is 0 Å². The first kappa shape index (κ1) is 57.3. The first-order chi connectivity index (χ1) is 30.0. The lowest BCUT2D eigenvalue weighted by molar-refractivity contribution is -0.167. The summed E-state index contributed by atoms with van der Waals surface area (Å²) in [4.78, 5) is 37.8. The van der Waals surface area contributed by atoms with E-state index in [4.69, 9.17) is 14.2 Å². The van der Waals surface area contributed by atoms with E-state index in [1.165, 1.54) is 89.9 Å². The molecule has 0 aliphatic heterocycles. The van der Waals surface area contributed by atoms with Crippen molar-refractivity contribution in [3.8, 4) is 0 Å². The molecule has 0 bridgehead atoms. The Kier molecular flexibility index (Phi) is 46.0. The molecule has 61 heavy (non-hydrogen) atoms. The molecule has 0 aromatic rings. The van der Waals surface area contributed by atoms with E-state index < -0.39 is 6.10 Å². The van der Waals surface area contributed by atoms with Gasteiger partial charge in [-0.05, 0) is 109 Å². The van der Waals surface area contributed by atoms with Crippen LogP contribution in [-0.2, 0) is 28.6 Å². The van der Waals surface area contributed by atoms with Crippen LogP contribution in [-0.4, -0.2) is 37.2 Å². The summed E-state index contributed by atoms with van der Waals surface area (Å²) in [6.07, 6.45) is 64.2. The van der Waals surface area contributed by atoms with Crippen molar-refractivity contribution in [2.75, 3.05) is 13.2 Å². The number of allylic oxidation sites excluding steroid dienone is 16. The normalized spacial score (nSPS) is 12.9. The highest BCUT2D eigenvalue weighted by molar-refractivity contribution is 5.71. The van der Waals surface area contributed by atoms with Gasteiger partial charge in [0, 0.05) is 19.3 Å². The second kappa shape index (κ2) is 49.0. The Balaban J connectivity index is 4.53. The Labute approximate surface area is 375 Å². The summed E-state index contributed by atoms with van der Waals surface area (Å²) in [6, 6.07) is 0. The molecule has 0 aromatic carbocycles. The summed E-state index contributed by atoms with van der Waals surface area (Å²) in [5.74, 6) is -1.08. The molecule has 0 spiro atoms. The quantitative estimate of drug-likeness (QED) is 0.0263. The van der Waals surface area contributed by atoms with Crippen LogP contribution in [0.1, 0.15) is 213 Å². The van der Waals surface area contributed by atoms with E-state index in [1.807, 2.05) is 0 Å². The molecule has 0 radical (unpaired) electrons. The van der Waals surface area contributed by atoms with Crippen molar-refractivity contribution in [2.24, 2.45) is 0 Å². The molecule has 6 nitrogen and oxygen atoms in total. The number of carbonyl (C=O) groups excluding carboxylic acids is 3. The minimum absolute atomic E-state index is 0.132. The number of hydrogen-bond donors (Lipinski definition) is 0. The zero-order valence-corrected chi connectivity index (χ0v) is 39.4. The summed E-state index contributed by atoms with van der Waals surface area (Å²) in [5, 5.41) is 0. The van der Waals surface area contributed by atoms with Crippen molar-refractivity contribution < 1.29 is 28.6 Å². The summed E-state index contributed by atoms with van der Waals surface area (Å²) in [7, 11) is 0. The van der Waals surface area contributed by atoms with Crippen LogP contribution in [0.25, 0.3) is 0 Å². The van der Waals surface area contributed by atoms with E-state index in [1.54, 1.807) is 0 Å². The molecule has 0 aromatic heterocycles. The Morgan fingerprint density at radius 2 is 0.656 bits per heavy atom. The number of unbranched alkanes of at least 4 members (excludes halogenated alkanes) is 16. The second-order valence-electron chi connectivity index (χ2n) is 16.0. The highest BCUT2D eigenvalue weighted by Crippen LogP contribution is 2.11. The van der Waals surface area contributed by atoms with Crippen LogP contribution in [0.2, 0.25) is 0 Å². The van der Waals surface area contributed by atoms with Gasteiger partial charge >= 0.3 is 17.9 Å². The molecule has 6 heteroatoms. The number of esters is 3. The van der Waals surface area contributed by atoms with Crippen molar-refractivity contribution in [2.45, 2.75) is 219 Å². The van der Waals surface area contributed by atoms with E-state index in [2.05, 4.69) is 118 Å². The van der Waals surface area contributed by atoms with Crippen LogP contribution in [0.3, 0.4) is 0 Å². The molecule has 0 amide bonds. The topological polar surface area (TPSA) is 78.9 Å². The molecule has 0 N–H and O–H groups in total. The fraction of sp³-hybridized carbons (Fsp3) is 0.655. The summed E-state index contributed by atoms with van der Waals surface area (Å²) < 4.78 is 16.6. The minimum Gasteiger partial charge on any atom is -0.462 e. The number of carbonyl (C=O) groups is 3. The first-order valence-electron chi connectivity index (χ1n) is 24.7. The van der Waals surface area contributed by atoms with Gasteiger partial charge in [-0.1, -0.05) is 182 Å². The molecule has 0 aliphatic carbocycles. The van der Waals surface area contributed by atoms with Crippen molar-refractivity contribution in [1.82, 2.24) is 0 Å². The average Bonchev–Trinajstić information content (AvgIpc) is 3.26. The molecule has 1 atom stereocenters. The van der Waals surface area contributed by atoms with Gasteiger partial charge in [-0.3, -0.25) is 14.4 Å². The smallest absolute Gasteiger partial charge is 0.306 e. The second-order valence-corrected chi connectivity index (χ2v) is 16.0. The Morgan fingerprint density at radius 3 is 1.07 bits per heavy atom. The third-order valence-electron chi connectivity index (χ3n) is 10.0. The van der Waals surface area contributed by atoms with E-state index in [9.17, 15) is 14.4 Å². The Bertz CT molecular complexity index is 1250. The summed E-state index contributed by atoms with van der Waals surface area (Å²) >= 11 is 0. The molecular formula is C55H90O6. The van der Waals surface area contributed by atoms with Crippen LogP contribution in [0.5, 0.6) is 0 Å². The van der Waals surface area contributed by atoms with Gasteiger partial charge in [0.1, 0.15) is 13.2 Å². The van der Waals surface area contributed by atoms with Gasteiger partial charge in [0.2, 0.25) is 0 Å². The molecule has 346 valence electrons. The monoisotopic (exact) mass is 847 g/mol. The molecular weight excluding hydrogens is 757 g/mol. The third kappa shape index (κ3) is 47.2. The van der Waals surface area contributed by atoms with Crippen molar-refractivity contribution in [3.63, 3.8) is 0 Å². The Hall–Kier alpha value is -3.67. The predicted octanol–water partition coefficient (Wildman–Crippen LogP) is 16.2. The third-order valence-corrected chi connectivity index (χ3v) is 10.0. The lowest BCUT2D eigenvalue weighted by Crippen LogP contribution is -2.30. The number of hydrogen-bond acceptors (Lipinski definition) is 6. The SMILES string of the molecule is CC/C=C\C/C=C\CCCCC(=O)OCC(COC(=O)CCC/C=C\C/C=C\C/C=C\CCCCCCCC)OC(=O)CCC/C=C\C/C=C\C/C=C\CCCCCCCC. The van der Waals surface area contributed by atoms with Crippen molar-refractivity contribution in [1.29, 1.82) is 0 Å². The molecule has 0 saturated heterocycles. The van der Waals surface area contributed by atoms with Crippen LogP contribution >= 0.6 is 0 Å². The first-order valence-corrected chi connectivity index (χ1v) is 24.7. The lowest BCUT2D eigenvalue weighted by Gasteiger charge is -2.18. The number of ether oxygens (including phenoxy) is 3. The molecule has 0 aliphatic rings. The van der Waals surface area contributed by atoms with Crippen molar-refractivity contribution in [3.05, 3.63) is 97.2 Å². The maximum Gasteiger partial charge on any atom is 0.306 e. The Morgan fingerprint density at radius 1 is 0.344 bits per heavy atom. The highest BCUT2D eigenvalue weighted by atomic mass is 16.6. The van der Waals surface area contributed by atoms with Gasteiger partial charge < -0.3 is 14.2 Å². The minimum atomic E-state index is -0.836. The largest absolute Gasteiger partial charge is 0.462 e. The number of rotatable bonds is 43. The summed E-state index contributed by atoms with van der Waals surface area (Å²) in [6.45, 7) is 6.36. The summed E-state index contributed by atoms with van der Waals surface area (Å²) in [5.41, 5.74) is 0.